The average Bonchev–Trinajstić information content (AvgIpc) is 2.48. The number of hydrogen-bond acceptors (Lipinski definition) is 2. The van der Waals surface area contributed by atoms with Crippen LogP contribution in [0.5, 0.6) is 0 Å². The summed E-state index contributed by atoms with van der Waals surface area (Å²) in [4.78, 5) is 4.05. The lowest BCUT2D eigenvalue weighted by Gasteiger charge is -2.20. The molecule has 0 aliphatic carbocycles. The maximum atomic E-state index is 6.29. The predicted molar refractivity (Wildman–Crippen MR) is 80.0 cm³/mol. The number of benzene rings is 1. The van der Waals surface area contributed by atoms with Crippen LogP contribution in [0.2, 0.25) is 0 Å². The molecule has 2 unspecified atom stereocenters. The van der Waals surface area contributed by atoms with Gasteiger partial charge in [0, 0.05) is 18.4 Å². The molecular formula is C17H22N2. The summed E-state index contributed by atoms with van der Waals surface area (Å²) in [6, 6.07) is 14.9. The van der Waals surface area contributed by atoms with Crippen LogP contribution in [0.15, 0.2) is 54.9 Å². The highest BCUT2D eigenvalue weighted by molar-refractivity contribution is 5.17. The van der Waals surface area contributed by atoms with E-state index in [0.29, 0.717) is 5.92 Å². The van der Waals surface area contributed by atoms with E-state index < -0.39 is 0 Å². The van der Waals surface area contributed by atoms with E-state index in [1.54, 1.807) is 0 Å². The number of nitrogens with zero attached hydrogens (tertiary/aromatic N) is 1. The standard InChI is InChI=1S/C17H22N2/c1-14(16-10-12-19-13-11-16)17(18)9-5-8-15-6-3-2-4-7-15/h2-4,6-7,10-14,17H,5,8-9,18H2,1H3. The van der Waals surface area contributed by atoms with Gasteiger partial charge in [-0.2, -0.15) is 0 Å². The molecule has 0 saturated carbocycles. The van der Waals surface area contributed by atoms with E-state index >= 15 is 0 Å². The number of rotatable bonds is 6. The maximum Gasteiger partial charge on any atom is 0.0270 e. The molecule has 0 aliphatic rings. The first-order valence-corrected chi connectivity index (χ1v) is 6.97. The Morgan fingerprint density at radius 3 is 2.42 bits per heavy atom. The third-order valence-corrected chi connectivity index (χ3v) is 3.72. The second-order valence-corrected chi connectivity index (χ2v) is 5.11. The number of nitrogens with two attached hydrogens (primary N) is 1. The Balaban J connectivity index is 1.80. The van der Waals surface area contributed by atoms with Gasteiger partial charge < -0.3 is 5.73 Å². The molecule has 2 heteroatoms. The van der Waals surface area contributed by atoms with Gasteiger partial charge in [0.05, 0.1) is 0 Å². The molecule has 0 radical (unpaired) electrons. The summed E-state index contributed by atoms with van der Waals surface area (Å²) in [5.74, 6) is 0.388. The van der Waals surface area contributed by atoms with Gasteiger partial charge in [-0.05, 0) is 48.4 Å². The SMILES string of the molecule is CC(c1ccncc1)C(N)CCCc1ccccc1. The van der Waals surface area contributed by atoms with E-state index in [4.69, 9.17) is 5.73 Å². The fourth-order valence-corrected chi connectivity index (χ4v) is 2.35. The predicted octanol–water partition coefficient (Wildman–Crippen LogP) is 3.54. The van der Waals surface area contributed by atoms with Crippen molar-refractivity contribution in [1.82, 2.24) is 4.98 Å². The van der Waals surface area contributed by atoms with Crippen LogP contribution in [0.3, 0.4) is 0 Å². The molecule has 0 amide bonds. The summed E-state index contributed by atoms with van der Waals surface area (Å²) < 4.78 is 0. The molecule has 2 aromatic rings. The summed E-state index contributed by atoms with van der Waals surface area (Å²) in [6.07, 6.45) is 6.97. The maximum absolute atomic E-state index is 6.29. The highest BCUT2D eigenvalue weighted by Crippen LogP contribution is 2.20. The smallest absolute Gasteiger partial charge is 0.0270 e. The minimum Gasteiger partial charge on any atom is -0.327 e. The van der Waals surface area contributed by atoms with Crippen LogP contribution in [0.1, 0.15) is 36.8 Å². The third kappa shape index (κ3) is 4.18. The number of hydrogen-bond donors (Lipinski definition) is 1. The van der Waals surface area contributed by atoms with Gasteiger partial charge in [0.2, 0.25) is 0 Å². The van der Waals surface area contributed by atoms with E-state index in [1.807, 2.05) is 12.4 Å². The van der Waals surface area contributed by atoms with E-state index in [-0.39, 0.29) is 6.04 Å². The van der Waals surface area contributed by atoms with Crippen LogP contribution in [0.25, 0.3) is 0 Å². The Kier molecular flexibility index (Phi) is 5.10. The van der Waals surface area contributed by atoms with Gasteiger partial charge in [-0.1, -0.05) is 37.3 Å². The average molecular weight is 254 g/mol. The molecule has 0 fully saturated rings. The molecule has 19 heavy (non-hydrogen) atoms. The van der Waals surface area contributed by atoms with Gasteiger partial charge in [0.15, 0.2) is 0 Å². The first kappa shape index (κ1) is 13.8. The number of aryl methyl sites for hydroxylation is 1. The quantitative estimate of drug-likeness (QED) is 0.856. The lowest BCUT2D eigenvalue weighted by molar-refractivity contribution is 0.510. The van der Waals surface area contributed by atoms with Crippen LogP contribution in [0, 0.1) is 0 Å². The van der Waals surface area contributed by atoms with Crippen LogP contribution in [0.4, 0.5) is 0 Å². The van der Waals surface area contributed by atoms with Gasteiger partial charge in [0.1, 0.15) is 0 Å². The van der Waals surface area contributed by atoms with Crippen molar-refractivity contribution >= 4 is 0 Å². The van der Waals surface area contributed by atoms with Crippen molar-refractivity contribution in [2.75, 3.05) is 0 Å². The van der Waals surface area contributed by atoms with Crippen LogP contribution < -0.4 is 5.73 Å². The highest BCUT2D eigenvalue weighted by atomic mass is 14.6. The summed E-state index contributed by atoms with van der Waals surface area (Å²) in [7, 11) is 0. The molecule has 2 nitrogen and oxygen atoms in total. The Morgan fingerprint density at radius 1 is 1.05 bits per heavy atom. The molecule has 2 N–H and O–H groups in total. The van der Waals surface area contributed by atoms with Gasteiger partial charge in [-0.15, -0.1) is 0 Å². The van der Waals surface area contributed by atoms with Crippen molar-refractivity contribution in [3.8, 4) is 0 Å². The first-order valence-electron chi connectivity index (χ1n) is 6.97. The summed E-state index contributed by atoms with van der Waals surface area (Å²) in [5.41, 5.74) is 8.97. The molecule has 100 valence electrons. The van der Waals surface area contributed by atoms with Crippen molar-refractivity contribution < 1.29 is 0 Å². The van der Waals surface area contributed by atoms with Crippen LogP contribution in [-0.4, -0.2) is 11.0 Å². The fraction of sp³-hybridized carbons (Fsp3) is 0.353. The second-order valence-electron chi connectivity index (χ2n) is 5.11. The van der Waals surface area contributed by atoms with E-state index in [1.165, 1.54) is 11.1 Å². The molecule has 2 atom stereocenters. The molecule has 0 saturated heterocycles. The van der Waals surface area contributed by atoms with Crippen molar-refractivity contribution in [1.29, 1.82) is 0 Å². The summed E-state index contributed by atoms with van der Waals surface area (Å²) >= 11 is 0. The van der Waals surface area contributed by atoms with Crippen molar-refractivity contribution in [3.05, 3.63) is 66.0 Å². The Bertz CT molecular complexity index is 467. The molecule has 2 rings (SSSR count). The molecule has 1 aromatic carbocycles. The van der Waals surface area contributed by atoms with Gasteiger partial charge in [0.25, 0.3) is 0 Å². The fourth-order valence-electron chi connectivity index (χ4n) is 2.35. The number of aromatic nitrogens is 1. The molecule has 0 aliphatic heterocycles. The molecule has 1 aromatic heterocycles. The Morgan fingerprint density at radius 2 is 1.74 bits per heavy atom. The van der Waals surface area contributed by atoms with Crippen molar-refractivity contribution in [2.45, 2.75) is 38.1 Å². The minimum absolute atomic E-state index is 0.214. The zero-order valence-corrected chi connectivity index (χ0v) is 11.5. The lowest BCUT2D eigenvalue weighted by Crippen LogP contribution is -2.26. The lowest BCUT2D eigenvalue weighted by atomic mass is 9.91. The highest BCUT2D eigenvalue weighted by Gasteiger charge is 2.14. The second kappa shape index (κ2) is 7.05. The van der Waals surface area contributed by atoms with E-state index in [9.17, 15) is 0 Å². The topological polar surface area (TPSA) is 38.9 Å². The number of pyridine rings is 1. The van der Waals surface area contributed by atoms with Gasteiger partial charge >= 0.3 is 0 Å². The Hall–Kier alpha value is -1.67. The largest absolute Gasteiger partial charge is 0.327 e. The van der Waals surface area contributed by atoms with Gasteiger partial charge in [-0.25, -0.2) is 0 Å². The van der Waals surface area contributed by atoms with Crippen molar-refractivity contribution in [3.63, 3.8) is 0 Å². The van der Waals surface area contributed by atoms with Crippen LogP contribution >= 0.6 is 0 Å². The minimum atomic E-state index is 0.214. The Labute approximate surface area is 115 Å². The first-order chi connectivity index (χ1) is 9.27. The molecular weight excluding hydrogens is 232 g/mol. The molecule has 0 spiro atoms. The van der Waals surface area contributed by atoms with E-state index in [2.05, 4.69) is 54.4 Å². The van der Waals surface area contributed by atoms with Crippen LogP contribution in [-0.2, 0) is 6.42 Å². The third-order valence-electron chi connectivity index (χ3n) is 3.72. The van der Waals surface area contributed by atoms with Gasteiger partial charge in [-0.3, -0.25) is 4.98 Å². The van der Waals surface area contributed by atoms with Crippen molar-refractivity contribution in [2.24, 2.45) is 5.73 Å². The molecule has 1 heterocycles. The molecule has 0 bridgehead atoms. The summed E-state index contributed by atoms with van der Waals surface area (Å²) in [5, 5.41) is 0. The summed E-state index contributed by atoms with van der Waals surface area (Å²) in [6.45, 7) is 2.20. The zero-order chi connectivity index (χ0) is 13.5. The van der Waals surface area contributed by atoms with E-state index in [0.717, 1.165) is 19.3 Å². The normalized spacial score (nSPS) is 14.0. The monoisotopic (exact) mass is 254 g/mol. The zero-order valence-electron chi connectivity index (χ0n) is 11.5.